The highest BCUT2D eigenvalue weighted by Crippen LogP contribution is 2.39. The number of hydrogen-bond acceptors (Lipinski definition) is 6. The Kier molecular flexibility index (Phi) is 2.14. The van der Waals surface area contributed by atoms with Crippen LogP contribution in [0.2, 0.25) is 0 Å². The second-order valence-corrected chi connectivity index (χ2v) is 5.40. The minimum atomic E-state index is -0.469. The van der Waals surface area contributed by atoms with Gasteiger partial charge in [-0.05, 0) is 25.0 Å². The Balaban J connectivity index is 1.80. The maximum atomic E-state index is 12.3. The summed E-state index contributed by atoms with van der Waals surface area (Å²) in [7, 11) is 0. The number of aromatic nitrogens is 4. The zero-order valence-corrected chi connectivity index (χ0v) is 11.4. The number of para-hydroxylation sites is 2. The summed E-state index contributed by atoms with van der Waals surface area (Å²) in [4.78, 5) is 20.9. The van der Waals surface area contributed by atoms with Crippen molar-refractivity contribution in [1.82, 2.24) is 19.5 Å². The molecule has 1 saturated carbocycles. The maximum Gasteiger partial charge on any atom is 0.363 e. The van der Waals surface area contributed by atoms with E-state index < -0.39 is 5.63 Å². The van der Waals surface area contributed by atoms with Gasteiger partial charge >= 0.3 is 5.63 Å². The predicted octanol–water partition coefficient (Wildman–Crippen LogP) is 2.37. The third kappa shape index (κ3) is 1.56. The molecule has 3 aromatic heterocycles. The lowest BCUT2D eigenvalue weighted by Crippen LogP contribution is -2.05. The van der Waals surface area contributed by atoms with Gasteiger partial charge in [0, 0.05) is 5.92 Å². The van der Waals surface area contributed by atoms with E-state index in [0.29, 0.717) is 34.4 Å². The van der Waals surface area contributed by atoms with Crippen molar-refractivity contribution in [1.29, 1.82) is 0 Å². The molecule has 0 saturated heterocycles. The van der Waals surface area contributed by atoms with E-state index in [-0.39, 0.29) is 0 Å². The zero-order valence-electron chi connectivity index (χ0n) is 11.4. The summed E-state index contributed by atoms with van der Waals surface area (Å²) >= 11 is 0. The Morgan fingerprint density at radius 3 is 2.95 bits per heavy atom. The van der Waals surface area contributed by atoms with Gasteiger partial charge in [-0.15, -0.1) is 0 Å². The molecule has 1 fully saturated rings. The highest BCUT2D eigenvalue weighted by molar-refractivity contribution is 5.81. The number of nitrogens with zero attached hydrogens (tertiary/aromatic N) is 4. The van der Waals surface area contributed by atoms with Crippen molar-refractivity contribution in [2.75, 3.05) is 0 Å². The van der Waals surface area contributed by atoms with Crippen LogP contribution in [0, 0.1) is 0 Å². The first-order chi connectivity index (χ1) is 10.8. The minimum Gasteiger partial charge on any atom is -0.420 e. The maximum absolute atomic E-state index is 12.3. The van der Waals surface area contributed by atoms with Crippen molar-refractivity contribution in [3.05, 3.63) is 46.9 Å². The summed E-state index contributed by atoms with van der Waals surface area (Å²) in [5.74, 6) is 1.29. The molecule has 1 aromatic carbocycles. The van der Waals surface area contributed by atoms with Crippen molar-refractivity contribution in [3.8, 4) is 11.5 Å². The molecule has 0 aliphatic heterocycles. The van der Waals surface area contributed by atoms with Crippen LogP contribution < -0.4 is 5.63 Å². The van der Waals surface area contributed by atoms with Gasteiger partial charge in [0.1, 0.15) is 12.0 Å². The molecule has 0 spiro atoms. The van der Waals surface area contributed by atoms with Crippen molar-refractivity contribution < 1.29 is 8.94 Å². The van der Waals surface area contributed by atoms with Crippen LogP contribution in [0.1, 0.15) is 24.7 Å². The summed E-state index contributed by atoms with van der Waals surface area (Å²) in [6.07, 6.45) is 3.72. The molecule has 1 aliphatic rings. The summed E-state index contributed by atoms with van der Waals surface area (Å²) in [5.41, 5.74) is 1.51. The van der Waals surface area contributed by atoms with Gasteiger partial charge in [-0.3, -0.25) is 4.40 Å². The molecule has 0 unspecified atom stereocenters. The average Bonchev–Trinajstić information content (AvgIpc) is 3.10. The largest absolute Gasteiger partial charge is 0.420 e. The van der Waals surface area contributed by atoms with Gasteiger partial charge < -0.3 is 8.94 Å². The summed E-state index contributed by atoms with van der Waals surface area (Å²) in [5, 5.41) is 3.95. The van der Waals surface area contributed by atoms with Gasteiger partial charge in [-0.2, -0.15) is 4.98 Å². The molecule has 7 heteroatoms. The Morgan fingerprint density at radius 2 is 2.09 bits per heavy atom. The Hall–Kier alpha value is -2.96. The Morgan fingerprint density at radius 1 is 1.23 bits per heavy atom. The van der Waals surface area contributed by atoms with Gasteiger partial charge in [-0.1, -0.05) is 17.3 Å². The molecule has 22 heavy (non-hydrogen) atoms. The fourth-order valence-electron chi connectivity index (χ4n) is 2.61. The molecule has 7 nitrogen and oxygen atoms in total. The Labute approximate surface area is 123 Å². The lowest BCUT2D eigenvalue weighted by Gasteiger charge is -1.99. The van der Waals surface area contributed by atoms with E-state index in [2.05, 4.69) is 15.1 Å². The zero-order chi connectivity index (χ0) is 14.7. The van der Waals surface area contributed by atoms with Gasteiger partial charge in [0.2, 0.25) is 11.7 Å². The fraction of sp³-hybridized carbons (Fsp3) is 0.200. The first-order valence-corrected chi connectivity index (χ1v) is 7.04. The SMILES string of the molecule is O=c1oc2ccccc2n2cnc(-c3noc(C4CC4)n3)c12. The summed E-state index contributed by atoms with van der Waals surface area (Å²) in [6, 6.07) is 7.30. The van der Waals surface area contributed by atoms with Crippen LogP contribution in [0.4, 0.5) is 0 Å². The van der Waals surface area contributed by atoms with E-state index in [1.54, 1.807) is 16.8 Å². The first-order valence-electron chi connectivity index (χ1n) is 7.04. The smallest absolute Gasteiger partial charge is 0.363 e. The van der Waals surface area contributed by atoms with Crippen LogP contribution in [-0.2, 0) is 0 Å². The van der Waals surface area contributed by atoms with Crippen molar-refractivity contribution in [2.45, 2.75) is 18.8 Å². The Bertz CT molecular complexity index is 1070. The minimum absolute atomic E-state index is 0.321. The van der Waals surface area contributed by atoms with E-state index in [1.807, 2.05) is 18.2 Å². The molecule has 3 heterocycles. The van der Waals surface area contributed by atoms with Crippen LogP contribution in [0.3, 0.4) is 0 Å². The molecule has 0 atom stereocenters. The normalized spacial score (nSPS) is 14.9. The molecule has 0 N–H and O–H groups in total. The van der Waals surface area contributed by atoms with E-state index in [0.717, 1.165) is 18.4 Å². The monoisotopic (exact) mass is 294 g/mol. The van der Waals surface area contributed by atoms with Crippen LogP contribution in [-0.4, -0.2) is 19.5 Å². The van der Waals surface area contributed by atoms with Crippen LogP contribution in [0.25, 0.3) is 28.1 Å². The molecule has 108 valence electrons. The van der Waals surface area contributed by atoms with Gasteiger partial charge in [0.15, 0.2) is 11.1 Å². The number of imidazole rings is 1. The second-order valence-electron chi connectivity index (χ2n) is 5.40. The van der Waals surface area contributed by atoms with Crippen LogP contribution in [0.5, 0.6) is 0 Å². The standard InChI is InChI=1S/C15H10N4O3/c20-15-12-11(13-17-14(22-18-13)8-5-6-8)16-7-19(12)9-3-1-2-4-10(9)21-15/h1-4,7-8H,5-6H2. The molecular weight excluding hydrogens is 284 g/mol. The second kappa shape index (κ2) is 4.03. The van der Waals surface area contributed by atoms with Gasteiger partial charge in [-0.25, -0.2) is 9.78 Å². The van der Waals surface area contributed by atoms with Crippen molar-refractivity contribution >= 4 is 16.6 Å². The number of rotatable bonds is 2. The lowest BCUT2D eigenvalue weighted by molar-refractivity contribution is 0.380. The number of hydrogen-bond donors (Lipinski definition) is 0. The summed E-state index contributed by atoms with van der Waals surface area (Å²) in [6.45, 7) is 0. The van der Waals surface area contributed by atoms with Gasteiger partial charge in [0.05, 0.1) is 5.52 Å². The van der Waals surface area contributed by atoms with Crippen molar-refractivity contribution in [3.63, 3.8) is 0 Å². The molecule has 0 amide bonds. The molecular formula is C15H10N4O3. The third-order valence-corrected chi connectivity index (χ3v) is 3.87. The van der Waals surface area contributed by atoms with Gasteiger partial charge in [0.25, 0.3) is 0 Å². The predicted molar refractivity (Wildman–Crippen MR) is 76.5 cm³/mol. The van der Waals surface area contributed by atoms with E-state index >= 15 is 0 Å². The molecule has 4 aromatic rings. The molecule has 1 aliphatic carbocycles. The first kappa shape index (κ1) is 11.7. The van der Waals surface area contributed by atoms with E-state index in [4.69, 9.17) is 8.94 Å². The fourth-order valence-corrected chi connectivity index (χ4v) is 2.61. The molecule has 5 rings (SSSR count). The van der Waals surface area contributed by atoms with Crippen LogP contribution in [0.15, 0.2) is 44.3 Å². The molecule has 0 radical (unpaired) electrons. The highest BCUT2D eigenvalue weighted by Gasteiger charge is 2.30. The topological polar surface area (TPSA) is 86.4 Å². The lowest BCUT2D eigenvalue weighted by atomic mass is 10.3. The average molecular weight is 294 g/mol. The summed E-state index contributed by atoms with van der Waals surface area (Å²) < 4.78 is 12.3. The number of benzene rings is 1. The van der Waals surface area contributed by atoms with Crippen LogP contribution >= 0.6 is 0 Å². The molecule has 0 bridgehead atoms. The number of fused-ring (bicyclic) bond motifs is 3. The van der Waals surface area contributed by atoms with E-state index in [1.165, 1.54) is 0 Å². The van der Waals surface area contributed by atoms with Crippen molar-refractivity contribution in [2.24, 2.45) is 0 Å². The third-order valence-electron chi connectivity index (χ3n) is 3.87. The highest BCUT2D eigenvalue weighted by atomic mass is 16.5. The quantitative estimate of drug-likeness (QED) is 0.564. The van der Waals surface area contributed by atoms with E-state index in [9.17, 15) is 4.79 Å².